The van der Waals surface area contributed by atoms with E-state index in [2.05, 4.69) is 34.1 Å². The molecule has 3 aliphatic rings. The Bertz CT molecular complexity index is 591. The molecule has 0 atom stereocenters. The molecule has 4 heteroatoms. The second-order valence-electron chi connectivity index (χ2n) is 7.86. The van der Waals surface area contributed by atoms with E-state index < -0.39 is 0 Å². The molecule has 4 nitrogen and oxygen atoms in total. The Hall–Kier alpha value is -1.55. The highest BCUT2D eigenvalue weighted by Crippen LogP contribution is 2.37. The summed E-state index contributed by atoms with van der Waals surface area (Å²) in [4.78, 5) is 19.9. The van der Waals surface area contributed by atoms with E-state index in [0.717, 1.165) is 31.9 Å². The summed E-state index contributed by atoms with van der Waals surface area (Å²) in [6.07, 6.45) is 10.5. The quantitative estimate of drug-likeness (QED) is 0.839. The van der Waals surface area contributed by atoms with Gasteiger partial charge in [-0.3, -0.25) is 9.69 Å². The van der Waals surface area contributed by atoms with Gasteiger partial charge in [-0.15, -0.1) is 0 Å². The molecular weight excluding hydrogens is 310 g/mol. The Kier molecular flexibility index (Phi) is 5.25. The first kappa shape index (κ1) is 16.9. The summed E-state index contributed by atoms with van der Waals surface area (Å²) >= 11 is 0. The molecule has 2 heterocycles. The second-order valence-corrected chi connectivity index (χ2v) is 7.86. The van der Waals surface area contributed by atoms with Crippen LogP contribution in [0.4, 0.5) is 11.4 Å². The number of hydrogen-bond acceptors (Lipinski definition) is 3. The molecule has 1 saturated heterocycles. The Balaban J connectivity index is 1.50. The molecular formula is C21H31N3O. The van der Waals surface area contributed by atoms with E-state index >= 15 is 0 Å². The van der Waals surface area contributed by atoms with Crippen molar-refractivity contribution >= 4 is 17.3 Å². The van der Waals surface area contributed by atoms with Gasteiger partial charge in [0, 0.05) is 19.1 Å². The Morgan fingerprint density at radius 1 is 0.840 bits per heavy atom. The predicted molar refractivity (Wildman–Crippen MR) is 103 cm³/mol. The third kappa shape index (κ3) is 3.69. The standard InChI is InChI=1S/C21H31N3O/c25-21(17-22-13-7-2-8-14-22)24-16-15-23(18-9-3-1-4-10-18)19-11-5-6-12-20(19)24/h5-6,11-12,18H,1-4,7-10,13-17H2. The van der Waals surface area contributed by atoms with Gasteiger partial charge in [-0.25, -0.2) is 0 Å². The minimum Gasteiger partial charge on any atom is -0.365 e. The SMILES string of the molecule is O=C(CN1CCCCC1)N1CCN(C2CCCCC2)c2ccccc21. The number of carbonyl (C=O) groups excluding carboxylic acids is 1. The number of likely N-dealkylation sites (tertiary alicyclic amines) is 1. The molecule has 25 heavy (non-hydrogen) atoms. The molecule has 1 aromatic carbocycles. The fourth-order valence-corrected chi connectivity index (χ4v) is 4.81. The van der Waals surface area contributed by atoms with Crippen molar-refractivity contribution < 1.29 is 4.79 Å². The average molecular weight is 341 g/mol. The van der Waals surface area contributed by atoms with Crippen LogP contribution in [0.1, 0.15) is 51.4 Å². The molecule has 2 aliphatic heterocycles. The van der Waals surface area contributed by atoms with Gasteiger partial charge in [0.25, 0.3) is 0 Å². The minimum absolute atomic E-state index is 0.276. The number of piperidine rings is 1. The summed E-state index contributed by atoms with van der Waals surface area (Å²) in [5.41, 5.74) is 2.40. The molecule has 0 spiro atoms. The van der Waals surface area contributed by atoms with Gasteiger partial charge in [-0.05, 0) is 50.9 Å². The number of carbonyl (C=O) groups is 1. The number of amides is 1. The molecule has 0 unspecified atom stereocenters. The fraction of sp³-hybridized carbons (Fsp3) is 0.667. The fourth-order valence-electron chi connectivity index (χ4n) is 4.81. The highest BCUT2D eigenvalue weighted by Gasteiger charge is 2.31. The Morgan fingerprint density at radius 3 is 2.28 bits per heavy atom. The first-order chi connectivity index (χ1) is 12.3. The van der Waals surface area contributed by atoms with E-state index in [9.17, 15) is 4.79 Å². The van der Waals surface area contributed by atoms with Gasteiger partial charge < -0.3 is 9.80 Å². The van der Waals surface area contributed by atoms with E-state index in [0.29, 0.717) is 12.6 Å². The number of nitrogens with zero attached hydrogens (tertiary/aromatic N) is 3. The lowest BCUT2D eigenvalue weighted by Gasteiger charge is -2.43. The van der Waals surface area contributed by atoms with Crippen LogP contribution in [0.3, 0.4) is 0 Å². The summed E-state index contributed by atoms with van der Waals surface area (Å²) in [7, 11) is 0. The van der Waals surface area contributed by atoms with Crippen LogP contribution in [0.25, 0.3) is 0 Å². The van der Waals surface area contributed by atoms with Crippen molar-refractivity contribution in [3.63, 3.8) is 0 Å². The summed E-state index contributed by atoms with van der Waals surface area (Å²) < 4.78 is 0. The molecule has 0 radical (unpaired) electrons. The largest absolute Gasteiger partial charge is 0.365 e. The molecule has 4 rings (SSSR count). The normalized spacial score (nSPS) is 22.7. The van der Waals surface area contributed by atoms with E-state index in [4.69, 9.17) is 0 Å². The maximum absolute atomic E-state index is 13.0. The van der Waals surface area contributed by atoms with Gasteiger partial charge in [0.1, 0.15) is 0 Å². The van der Waals surface area contributed by atoms with E-state index in [1.807, 2.05) is 4.90 Å². The zero-order valence-corrected chi connectivity index (χ0v) is 15.3. The van der Waals surface area contributed by atoms with Crippen molar-refractivity contribution in [2.24, 2.45) is 0 Å². The second kappa shape index (κ2) is 7.77. The molecule has 1 saturated carbocycles. The number of para-hydroxylation sites is 2. The average Bonchev–Trinajstić information content (AvgIpc) is 2.68. The molecule has 1 aliphatic carbocycles. The molecule has 2 fully saturated rings. The van der Waals surface area contributed by atoms with Gasteiger partial charge in [0.2, 0.25) is 5.91 Å². The maximum Gasteiger partial charge on any atom is 0.241 e. The number of anilines is 2. The Labute approximate surface area is 151 Å². The molecule has 0 aromatic heterocycles. The zero-order valence-electron chi connectivity index (χ0n) is 15.3. The van der Waals surface area contributed by atoms with Crippen LogP contribution >= 0.6 is 0 Å². The summed E-state index contributed by atoms with van der Waals surface area (Å²) in [5, 5.41) is 0. The number of fused-ring (bicyclic) bond motifs is 1. The van der Waals surface area contributed by atoms with Crippen LogP contribution in [0.5, 0.6) is 0 Å². The topological polar surface area (TPSA) is 26.8 Å². The van der Waals surface area contributed by atoms with Crippen LogP contribution in [-0.2, 0) is 4.79 Å². The smallest absolute Gasteiger partial charge is 0.241 e. The van der Waals surface area contributed by atoms with Crippen molar-refractivity contribution in [3.05, 3.63) is 24.3 Å². The third-order valence-electron chi connectivity index (χ3n) is 6.17. The van der Waals surface area contributed by atoms with Crippen LogP contribution in [0.15, 0.2) is 24.3 Å². The molecule has 1 aromatic rings. The van der Waals surface area contributed by atoms with Crippen molar-refractivity contribution in [2.75, 3.05) is 42.5 Å². The monoisotopic (exact) mass is 341 g/mol. The molecule has 1 amide bonds. The molecule has 136 valence electrons. The van der Waals surface area contributed by atoms with Crippen molar-refractivity contribution in [1.29, 1.82) is 0 Å². The van der Waals surface area contributed by atoms with Gasteiger partial charge in [0.05, 0.1) is 17.9 Å². The van der Waals surface area contributed by atoms with Crippen LogP contribution in [0.2, 0.25) is 0 Å². The first-order valence-corrected chi connectivity index (χ1v) is 10.2. The number of rotatable bonds is 3. The van der Waals surface area contributed by atoms with Gasteiger partial charge >= 0.3 is 0 Å². The lowest BCUT2D eigenvalue weighted by molar-refractivity contribution is -0.120. The summed E-state index contributed by atoms with van der Waals surface area (Å²) in [6.45, 7) is 4.55. The zero-order chi connectivity index (χ0) is 17.1. The number of hydrogen-bond donors (Lipinski definition) is 0. The van der Waals surface area contributed by atoms with Crippen molar-refractivity contribution in [2.45, 2.75) is 57.4 Å². The van der Waals surface area contributed by atoms with Crippen LogP contribution in [-0.4, -0.2) is 49.6 Å². The van der Waals surface area contributed by atoms with E-state index in [1.165, 1.54) is 57.1 Å². The van der Waals surface area contributed by atoms with Gasteiger partial charge in [-0.1, -0.05) is 37.8 Å². The first-order valence-electron chi connectivity index (χ1n) is 10.2. The Morgan fingerprint density at radius 2 is 1.52 bits per heavy atom. The minimum atomic E-state index is 0.276. The van der Waals surface area contributed by atoms with Crippen LogP contribution in [0, 0.1) is 0 Å². The van der Waals surface area contributed by atoms with Crippen molar-refractivity contribution in [1.82, 2.24) is 4.90 Å². The third-order valence-corrected chi connectivity index (χ3v) is 6.17. The van der Waals surface area contributed by atoms with Crippen LogP contribution < -0.4 is 9.80 Å². The van der Waals surface area contributed by atoms with E-state index in [1.54, 1.807) is 0 Å². The van der Waals surface area contributed by atoms with Gasteiger partial charge in [0.15, 0.2) is 0 Å². The maximum atomic E-state index is 13.0. The highest BCUT2D eigenvalue weighted by atomic mass is 16.2. The lowest BCUT2D eigenvalue weighted by Crippen LogP contribution is -2.51. The van der Waals surface area contributed by atoms with Crippen molar-refractivity contribution in [3.8, 4) is 0 Å². The summed E-state index contributed by atoms with van der Waals surface area (Å²) in [5.74, 6) is 0.276. The molecule has 0 bridgehead atoms. The van der Waals surface area contributed by atoms with Gasteiger partial charge in [-0.2, -0.15) is 0 Å². The predicted octanol–water partition coefficient (Wildman–Crippen LogP) is 3.66. The number of benzene rings is 1. The highest BCUT2D eigenvalue weighted by molar-refractivity contribution is 5.99. The summed E-state index contributed by atoms with van der Waals surface area (Å²) in [6, 6.07) is 9.20. The van der Waals surface area contributed by atoms with E-state index in [-0.39, 0.29) is 5.91 Å². The molecule has 0 N–H and O–H groups in total. The lowest BCUT2D eigenvalue weighted by atomic mass is 9.93.